The van der Waals surface area contributed by atoms with Crippen LogP contribution in [-0.2, 0) is 5.88 Å². The van der Waals surface area contributed by atoms with Gasteiger partial charge >= 0.3 is 5.92 Å². The molecule has 0 amide bonds. The van der Waals surface area contributed by atoms with Gasteiger partial charge in [0.25, 0.3) is 5.92 Å². The standard InChI is InChI=1S/C26H18ClF6N2O/c27-9-14-1-3-15(4-2-14)24-16-5-18(28)20(34-10-25(30,31)11-34)7-22(16)36-23-8-21(19(29)6-17(23)24)35-12-26(32,33)13-35/h1-8H,9-13H2/q+1. The fourth-order valence-corrected chi connectivity index (χ4v) is 5.01. The fourth-order valence-electron chi connectivity index (χ4n) is 4.83. The maximum atomic E-state index is 15.1. The van der Waals surface area contributed by atoms with Crippen LogP contribution in [0.15, 0.2) is 52.9 Å². The Bertz CT molecular complexity index is 1550. The van der Waals surface area contributed by atoms with Crippen LogP contribution in [0.3, 0.4) is 0 Å². The highest BCUT2D eigenvalue weighted by Crippen LogP contribution is 2.43. The number of hydrogen-bond donors (Lipinski definition) is 0. The van der Waals surface area contributed by atoms with Crippen molar-refractivity contribution < 1.29 is 30.8 Å². The Hall–Kier alpha value is -3.20. The summed E-state index contributed by atoms with van der Waals surface area (Å²) in [5.41, 5.74) is 2.40. The number of alkyl halides is 5. The maximum absolute atomic E-state index is 15.1. The van der Waals surface area contributed by atoms with Crippen molar-refractivity contribution in [3.8, 4) is 22.5 Å². The number of fused-ring (bicyclic) bond motifs is 2. The molecule has 0 bridgehead atoms. The van der Waals surface area contributed by atoms with E-state index in [4.69, 9.17) is 16.0 Å². The van der Waals surface area contributed by atoms with Gasteiger partial charge in [-0.3, -0.25) is 0 Å². The number of benzene rings is 3. The summed E-state index contributed by atoms with van der Waals surface area (Å²) < 4.78 is 91.2. The molecule has 0 aromatic heterocycles. The van der Waals surface area contributed by atoms with Crippen molar-refractivity contribution in [1.82, 2.24) is 4.58 Å². The lowest BCUT2D eigenvalue weighted by molar-refractivity contribution is -0.0649. The quantitative estimate of drug-likeness (QED) is 0.140. The first kappa shape index (κ1) is 23.2. The molecule has 6 rings (SSSR count). The van der Waals surface area contributed by atoms with Crippen molar-refractivity contribution in [3.63, 3.8) is 0 Å². The van der Waals surface area contributed by atoms with Crippen LogP contribution in [0, 0.1) is 11.6 Å². The summed E-state index contributed by atoms with van der Waals surface area (Å²) in [6.45, 7) is -2.47. The largest absolute Gasteiger partial charge is 0.456 e. The molecular weight excluding hydrogens is 506 g/mol. The molecule has 36 heavy (non-hydrogen) atoms. The smallest absolute Gasteiger partial charge is 0.361 e. The summed E-state index contributed by atoms with van der Waals surface area (Å²) in [5.74, 6) is -6.76. The normalized spacial score (nSPS) is 18.4. The van der Waals surface area contributed by atoms with E-state index >= 15 is 8.78 Å². The lowest BCUT2D eigenvalue weighted by Crippen LogP contribution is -2.58. The van der Waals surface area contributed by atoms with Crippen LogP contribution in [-0.4, -0.2) is 38.0 Å². The van der Waals surface area contributed by atoms with E-state index in [9.17, 15) is 17.6 Å². The molecule has 10 heteroatoms. The molecule has 1 aliphatic carbocycles. The molecule has 3 aliphatic heterocycles. The van der Waals surface area contributed by atoms with Gasteiger partial charge < -0.3 is 9.32 Å². The van der Waals surface area contributed by atoms with E-state index in [1.807, 2.05) is 0 Å². The van der Waals surface area contributed by atoms with Gasteiger partial charge in [-0.1, -0.05) is 24.3 Å². The van der Waals surface area contributed by atoms with Crippen LogP contribution in [0.4, 0.5) is 32.0 Å². The molecule has 2 aromatic carbocycles. The highest BCUT2D eigenvalue weighted by atomic mass is 35.5. The van der Waals surface area contributed by atoms with Crippen molar-refractivity contribution in [2.24, 2.45) is 0 Å². The Morgan fingerprint density at radius 1 is 0.889 bits per heavy atom. The highest BCUT2D eigenvalue weighted by molar-refractivity contribution is 6.17. The van der Waals surface area contributed by atoms with Crippen LogP contribution in [0.1, 0.15) is 5.56 Å². The lowest BCUT2D eigenvalue weighted by atomic mass is 9.92. The van der Waals surface area contributed by atoms with E-state index in [1.165, 1.54) is 33.7 Å². The Morgan fingerprint density at radius 2 is 1.58 bits per heavy atom. The van der Waals surface area contributed by atoms with Gasteiger partial charge in [0, 0.05) is 28.5 Å². The number of rotatable bonds is 3. The number of anilines is 1. The van der Waals surface area contributed by atoms with Crippen LogP contribution in [0.5, 0.6) is 0 Å². The van der Waals surface area contributed by atoms with E-state index in [0.717, 1.165) is 5.56 Å². The molecule has 0 unspecified atom stereocenters. The Balaban J connectivity index is 1.62. The van der Waals surface area contributed by atoms with Gasteiger partial charge in [-0.2, -0.15) is 13.2 Å². The lowest BCUT2D eigenvalue weighted by Gasteiger charge is -2.40. The fraction of sp³-hybridized carbons (Fsp3) is 0.269. The maximum Gasteiger partial charge on any atom is 0.361 e. The molecule has 0 saturated carbocycles. The summed E-state index contributed by atoms with van der Waals surface area (Å²) in [6.07, 6.45) is 0. The topological polar surface area (TPSA) is 19.4 Å². The second-order valence-corrected chi connectivity index (χ2v) is 9.60. The van der Waals surface area contributed by atoms with E-state index in [0.29, 0.717) is 22.1 Å². The molecule has 0 radical (unpaired) electrons. The first-order chi connectivity index (χ1) is 17.0. The Kier molecular flexibility index (Phi) is 5.09. The zero-order chi connectivity index (χ0) is 25.4. The average molecular weight is 524 g/mol. The van der Waals surface area contributed by atoms with E-state index in [2.05, 4.69) is 0 Å². The van der Waals surface area contributed by atoms with Crippen molar-refractivity contribution in [2.75, 3.05) is 31.1 Å². The minimum Gasteiger partial charge on any atom is -0.456 e. The van der Waals surface area contributed by atoms with Gasteiger partial charge in [0.15, 0.2) is 5.82 Å². The Labute approximate surface area is 206 Å². The van der Waals surface area contributed by atoms with Crippen molar-refractivity contribution in [1.29, 1.82) is 0 Å². The van der Waals surface area contributed by atoms with Gasteiger partial charge in [-0.05, 0) is 23.3 Å². The SMILES string of the molecule is Fc1cc2c(-c3ccc(CCl)cc3)c3cc(F)c(=[N+]4CC(F)(F)C4)cc-3oc2cc1N1CC(F)(F)C1. The number of halogens is 7. The second kappa shape index (κ2) is 7.90. The predicted molar refractivity (Wildman–Crippen MR) is 125 cm³/mol. The minimum absolute atomic E-state index is 0.0373. The number of nitrogens with zero attached hydrogens (tertiary/aromatic N) is 2. The van der Waals surface area contributed by atoms with E-state index < -0.39 is 49.7 Å². The molecule has 4 aliphatic rings. The zero-order valence-electron chi connectivity index (χ0n) is 18.6. The van der Waals surface area contributed by atoms with Crippen molar-refractivity contribution >= 4 is 28.3 Å². The molecule has 3 nitrogen and oxygen atoms in total. The third-order valence-electron chi connectivity index (χ3n) is 6.62. The predicted octanol–water partition coefficient (Wildman–Crippen LogP) is 6.10. The minimum atomic E-state index is -2.90. The third kappa shape index (κ3) is 3.80. The van der Waals surface area contributed by atoms with Gasteiger partial charge in [-0.25, -0.2) is 17.7 Å². The van der Waals surface area contributed by atoms with Crippen LogP contribution in [0.25, 0.3) is 33.4 Å². The third-order valence-corrected chi connectivity index (χ3v) is 6.93. The Morgan fingerprint density at radius 3 is 2.19 bits per heavy atom. The first-order valence-corrected chi connectivity index (χ1v) is 11.7. The monoisotopic (exact) mass is 523 g/mol. The summed E-state index contributed by atoms with van der Waals surface area (Å²) >= 11 is 5.90. The second-order valence-electron chi connectivity index (χ2n) is 9.33. The van der Waals surface area contributed by atoms with Crippen molar-refractivity contribution in [3.05, 3.63) is 71.1 Å². The van der Waals surface area contributed by atoms with Crippen molar-refractivity contribution in [2.45, 2.75) is 17.7 Å². The first-order valence-electron chi connectivity index (χ1n) is 11.2. The van der Waals surface area contributed by atoms with Gasteiger partial charge in [0.05, 0.1) is 24.8 Å². The molecule has 2 fully saturated rings. The molecule has 2 saturated heterocycles. The van der Waals surface area contributed by atoms with Gasteiger partial charge in [-0.15, -0.1) is 11.6 Å². The van der Waals surface area contributed by atoms with E-state index in [1.54, 1.807) is 24.3 Å². The summed E-state index contributed by atoms with van der Waals surface area (Å²) in [7, 11) is 0. The molecule has 0 N–H and O–H groups in total. The molecule has 0 spiro atoms. The molecule has 3 heterocycles. The summed E-state index contributed by atoms with van der Waals surface area (Å²) in [6, 6.07) is 12.2. The van der Waals surface area contributed by atoms with Gasteiger partial charge in [0.1, 0.15) is 17.2 Å². The summed E-state index contributed by atoms with van der Waals surface area (Å²) in [4.78, 5) is 1.21. The van der Waals surface area contributed by atoms with Crippen LogP contribution < -0.4 is 14.8 Å². The molecule has 186 valence electrons. The van der Waals surface area contributed by atoms with Gasteiger partial charge in [0.2, 0.25) is 18.4 Å². The molecule has 0 atom stereocenters. The molecule has 2 aromatic rings. The van der Waals surface area contributed by atoms with Crippen LogP contribution in [0.2, 0.25) is 0 Å². The molecular formula is C26H18ClF6N2O+. The number of hydrogen-bond acceptors (Lipinski definition) is 2. The van der Waals surface area contributed by atoms with E-state index in [-0.39, 0.29) is 28.3 Å². The zero-order valence-corrected chi connectivity index (χ0v) is 19.4. The summed E-state index contributed by atoms with van der Waals surface area (Å²) in [5, 5.41) is 0.280. The van der Waals surface area contributed by atoms with Crippen LogP contribution >= 0.6 is 11.6 Å². The highest BCUT2D eigenvalue weighted by Gasteiger charge is 2.50. The average Bonchev–Trinajstić information content (AvgIpc) is 2.79.